The highest BCUT2D eigenvalue weighted by molar-refractivity contribution is 6.34. The summed E-state index contributed by atoms with van der Waals surface area (Å²) in [5, 5.41) is 5.81. The van der Waals surface area contributed by atoms with Crippen molar-refractivity contribution in [3.05, 3.63) is 82.9 Å². The second-order valence-electron chi connectivity index (χ2n) is 6.07. The van der Waals surface area contributed by atoms with Crippen molar-refractivity contribution in [3.63, 3.8) is 0 Å². The first-order chi connectivity index (χ1) is 14.0. The lowest BCUT2D eigenvalue weighted by Crippen LogP contribution is -2.14. The Balaban J connectivity index is 1.71. The smallest absolute Gasteiger partial charge is 0.255 e. The van der Waals surface area contributed by atoms with E-state index >= 15 is 0 Å². The van der Waals surface area contributed by atoms with Crippen LogP contribution in [0.3, 0.4) is 0 Å². The zero-order valence-electron chi connectivity index (χ0n) is 15.9. The van der Waals surface area contributed by atoms with Gasteiger partial charge in [-0.25, -0.2) is 0 Å². The van der Waals surface area contributed by atoms with E-state index in [4.69, 9.17) is 21.1 Å². The molecule has 0 aliphatic rings. The molecular formula is C22H19ClN2O4. The van der Waals surface area contributed by atoms with Crippen molar-refractivity contribution in [2.45, 2.75) is 0 Å². The number of hydrogen-bond donors (Lipinski definition) is 2. The third-order valence-electron chi connectivity index (χ3n) is 4.14. The molecule has 148 valence electrons. The Hall–Kier alpha value is -3.51. The summed E-state index contributed by atoms with van der Waals surface area (Å²) in [7, 11) is 3.07. The fourth-order valence-corrected chi connectivity index (χ4v) is 2.85. The fourth-order valence-electron chi connectivity index (χ4n) is 2.62. The number of ether oxygens (including phenoxy) is 2. The summed E-state index contributed by atoms with van der Waals surface area (Å²) in [5.41, 5.74) is 1.83. The standard InChI is InChI=1S/C22H19ClN2O4/c1-28-17-7-3-5-14(11-17)21(26)24-16-9-10-20(19(23)13-16)25-22(27)15-6-4-8-18(12-15)29-2/h3-13H,1-2H3,(H,24,26)(H,25,27). The highest BCUT2D eigenvalue weighted by atomic mass is 35.5. The van der Waals surface area contributed by atoms with E-state index in [1.54, 1.807) is 66.7 Å². The summed E-state index contributed by atoms with van der Waals surface area (Å²) in [4.78, 5) is 24.8. The molecule has 0 heterocycles. The molecule has 29 heavy (non-hydrogen) atoms. The van der Waals surface area contributed by atoms with E-state index in [0.29, 0.717) is 39.0 Å². The third kappa shape index (κ3) is 5.06. The maximum atomic E-state index is 12.4. The van der Waals surface area contributed by atoms with E-state index in [1.165, 1.54) is 14.2 Å². The molecule has 3 rings (SSSR count). The van der Waals surface area contributed by atoms with Gasteiger partial charge in [-0.3, -0.25) is 9.59 Å². The molecule has 0 fully saturated rings. The molecular weight excluding hydrogens is 392 g/mol. The molecule has 3 aromatic carbocycles. The molecule has 0 bridgehead atoms. The minimum absolute atomic E-state index is 0.296. The minimum atomic E-state index is -0.320. The quantitative estimate of drug-likeness (QED) is 0.608. The number of hydrogen-bond acceptors (Lipinski definition) is 4. The van der Waals surface area contributed by atoms with Gasteiger partial charge in [-0.05, 0) is 54.6 Å². The van der Waals surface area contributed by atoms with E-state index in [0.717, 1.165) is 0 Å². The average Bonchev–Trinajstić information content (AvgIpc) is 2.75. The van der Waals surface area contributed by atoms with Gasteiger partial charge in [-0.2, -0.15) is 0 Å². The maximum absolute atomic E-state index is 12.4. The first kappa shape index (κ1) is 20.2. The van der Waals surface area contributed by atoms with Crippen molar-refractivity contribution in [1.82, 2.24) is 0 Å². The topological polar surface area (TPSA) is 76.7 Å². The molecule has 2 N–H and O–H groups in total. The van der Waals surface area contributed by atoms with Crippen LogP contribution in [0.25, 0.3) is 0 Å². The normalized spacial score (nSPS) is 10.2. The molecule has 0 radical (unpaired) electrons. The largest absolute Gasteiger partial charge is 0.497 e. The second-order valence-corrected chi connectivity index (χ2v) is 6.47. The lowest BCUT2D eigenvalue weighted by Gasteiger charge is -2.11. The van der Waals surface area contributed by atoms with Crippen LogP contribution in [0.1, 0.15) is 20.7 Å². The molecule has 0 unspecified atom stereocenters. The van der Waals surface area contributed by atoms with Gasteiger partial charge < -0.3 is 20.1 Å². The van der Waals surface area contributed by atoms with Gasteiger partial charge >= 0.3 is 0 Å². The Kier molecular flexibility index (Phi) is 6.36. The van der Waals surface area contributed by atoms with Crippen LogP contribution in [-0.2, 0) is 0 Å². The van der Waals surface area contributed by atoms with Crippen molar-refractivity contribution in [1.29, 1.82) is 0 Å². The van der Waals surface area contributed by atoms with Crippen LogP contribution in [0.2, 0.25) is 5.02 Å². The molecule has 0 spiro atoms. The number of halogens is 1. The average molecular weight is 411 g/mol. The lowest BCUT2D eigenvalue weighted by atomic mass is 10.2. The monoisotopic (exact) mass is 410 g/mol. The number of anilines is 2. The summed E-state index contributed by atoms with van der Waals surface area (Å²) < 4.78 is 10.3. The van der Waals surface area contributed by atoms with Crippen molar-refractivity contribution in [3.8, 4) is 11.5 Å². The van der Waals surface area contributed by atoms with Crippen LogP contribution in [0.5, 0.6) is 11.5 Å². The van der Waals surface area contributed by atoms with Gasteiger partial charge in [0, 0.05) is 16.8 Å². The van der Waals surface area contributed by atoms with E-state index in [9.17, 15) is 9.59 Å². The minimum Gasteiger partial charge on any atom is -0.497 e. The molecule has 0 aliphatic heterocycles. The molecule has 0 atom stereocenters. The summed E-state index contributed by atoms with van der Waals surface area (Å²) in [6.07, 6.45) is 0. The number of amides is 2. The van der Waals surface area contributed by atoms with Crippen LogP contribution in [-0.4, -0.2) is 26.0 Å². The number of carbonyl (C=O) groups is 2. The number of carbonyl (C=O) groups excluding carboxylic acids is 2. The third-order valence-corrected chi connectivity index (χ3v) is 4.45. The molecule has 0 saturated carbocycles. The number of nitrogens with one attached hydrogen (secondary N) is 2. The SMILES string of the molecule is COc1cccc(C(=O)Nc2ccc(NC(=O)c3cccc(OC)c3)c(Cl)c2)c1. The summed E-state index contributed by atoms with van der Waals surface area (Å²) in [6.45, 7) is 0. The molecule has 0 aliphatic carbocycles. The van der Waals surface area contributed by atoms with Gasteiger partial charge in [-0.15, -0.1) is 0 Å². The lowest BCUT2D eigenvalue weighted by molar-refractivity contribution is 0.101. The van der Waals surface area contributed by atoms with Crippen molar-refractivity contribution >= 4 is 34.8 Å². The van der Waals surface area contributed by atoms with Gasteiger partial charge in [0.1, 0.15) is 11.5 Å². The van der Waals surface area contributed by atoms with E-state index in [-0.39, 0.29) is 11.8 Å². The van der Waals surface area contributed by atoms with Crippen molar-refractivity contribution < 1.29 is 19.1 Å². The van der Waals surface area contributed by atoms with Crippen LogP contribution >= 0.6 is 11.6 Å². The van der Waals surface area contributed by atoms with Crippen LogP contribution in [0.15, 0.2) is 66.7 Å². The summed E-state index contributed by atoms with van der Waals surface area (Å²) in [6, 6.07) is 18.5. The Morgan fingerprint density at radius 3 is 1.83 bits per heavy atom. The predicted octanol–water partition coefficient (Wildman–Crippen LogP) is 4.86. The van der Waals surface area contributed by atoms with Gasteiger partial charge in [0.15, 0.2) is 0 Å². The van der Waals surface area contributed by atoms with Crippen molar-refractivity contribution in [2.24, 2.45) is 0 Å². The number of rotatable bonds is 6. The molecule has 0 aromatic heterocycles. The molecule has 7 heteroatoms. The van der Waals surface area contributed by atoms with Gasteiger partial charge in [0.2, 0.25) is 0 Å². The highest BCUT2D eigenvalue weighted by Crippen LogP contribution is 2.27. The molecule has 6 nitrogen and oxygen atoms in total. The number of methoxy groups -OCH3 is 2. The Bertz CT molecular complexity index is 1050. The number of benzene rings is 3. The fraction of sp³-hybridized carbons (Fsp3) is 0.0909. The highest BCUT2D eigenvalue weighted by Gasteiger charge is 2.12. The molecule has 2 amide bonds. The Morgan fingerprint density at radius 1 is 0.759 bits per heavy atom. The van der Waals surface area contributed by atoms with Crippen molar-refractivity contribution in [2.75, 3.05) is 24.9 Å². The summed E-state index contributed by atoms with van der Waals surface area (Å²) >= 11 is 6.29. The maximum Gasteiger partial charge on any atom is 0.255 e. The van der Waals surface area contributed by atoms with E-state index in [1.807, 2.05) is 0 Å². The first-order valence-electron chi connectivity index (χ1n) is 8.70. The molecule has 0 saturated heterocycles. The first-order valence-corrected chi connectivity index (χ1v) is 9.08. The van der Waals surface area contributed by atoms with Crippen LogP contribution in [0, 0.1) is 0 Å². The zero-order valence-corrected chi connectivity index (χ0v) is 16.6. The second kappa shape index (κ2) is 9.12. The van der Waals surface area contributed by atoms with E-state index < -0.39 is 0 Å². The Morgan fingerprint density at radius 2 is 1.31 bits per heavy atom. The van der Waals surface area contributed by atoms with Crippen LogP contribution < -0.4 is 20.1 Å². The molecule has 3 aromatic rings. The zero-order chi connectivity index (χ0) is 20.8. The van der Waals surface area contributed by atoms with Gasteiger partial charge in [0.05, 0.1) is 24.9 Å². The Labute approximate surface area is 173 Å². The predicted molar refractivity (Wildman–Crippen MR) is 113 cm³/mol. The van der Waals surface area contributed by atoms with Gasteiger partial charge in [-0.1, -0.05) is 23.7 Å². The van der Waals surface area contributed by atoms with Crippen LogP contribution in [0.4, 0.5) is 11.4 Å². The van der Waals surface area contributed by atoms with Gasteiger partial charge in [0.25, 0.3) is 11.8 Å². The summed E-state index contributed by atoms with van der Waals surface area (Å²) in [5.74, 6) is 0.553. The van der Waals surface area contributed by atoms with E-state index in [2.05, 4.69) is 10.6 Å².